The second-order valence-corrected chi connectivity index (χ2v) is 6.51. The molecule has 3 heteroatoms. The van der Waals surface area contributed by atoms with E-state index in [1.54, 1.807) is 7.11 Å². The van der Waals surface area contributed by atoms with Gasteiger partial charge in [-0.15, -0.1) is 0 Å². The van der Waals surface area contributed by atoms with Gasteiger partial charge in [0.2, 0.25) is 0 Å². The second-order valence-electron chi connectivity index (χ2n) is 6.51. The molecule has 0 bridgehead atoms. The predicted molar refractivity (Wildman–Crippen MR) is 90.3 cm³/mol. The van der Waals surface area contributed by atoms with E-state index in [0.29, 0.717) is 12.0 Å². The van der Waals surface area contributed by atoms with E-state index in [1.807, 2.05) is 6.07 Å². The minimum Gasteiger partial charge on any atom is -0.497 e. The van der Waals surface area contributed by atoms with Gasteiger partial charge in [-0.25, -0.2) is 0 Å². The molecular weight excluding hydrogens is 260 g/mol. The third-order valence-electron chi connectivity index (χ3n) is 5.07. The van der Waals surface area contributed by atoms with E-state index < -0.39 is 0 Å². The Morgan fingerprint density at radius 2 is 2.05 bits per heavy atom. The number of rotatable bonds is 5. The summed E-state index contributed by atoms with van der Waals surface area (Å²) in [5.74, 6) is 1.56. The van der Waals surface area contributed by atoms with Crippen LogP contribution in [0.4, 0.5) is 5.69 Å². The largest absolute Gasteiger partial charge is 0.497 e. The van der Waals surface area contributed by atoms with Crippen LogP contribution in [0.1, 0.15) is 40.5 Å². The summed E-state index contributed by atoms with van der Waals surface area (Å²) in [5, 5.41) is 3.82. The van der Waals surface area contributed by atoms with Gasteiger partial charge >= 0.3 is 0 Å². The molecule has 2 rings (SSSR count). The Kier molecular flexibility index (Phi) is 5.15. The van der Waals surface area contributed by atoms with Gasteiger partial charge in [0.15, 0.2) is 0 Å². The third-order valence-corrected chi connectivity index (χ3v) is 5.07. The van der Waals surface area contributed by atoms with Crippen LogP contribution in [-0.2, 0) is 0 Å². The van der Waals surface area contributed by atoms with E-state index in [1.165, 1.54) is 5.69 Å². The lowest BCUT2D eigenvalue weighted by molar-refractivity contribution is 0.227. The van der Waals surface area contributed by atoms with Crippen molar-refractivity contribution in [1.82, 2.24) is 5.32 Å². The average Bonchev–Trinajstić information content (AvgIpc) is 2.54. The summed E-state index contributed by atoms with van der Waals surface area (Å²) in [6, 6.07) is 9.01. The van der Waals surface area contributed by atoms with Crippen LogP contribution in [0.3, 0.4) is 0 Å². The second kappa shape index (κ2) is 6.69. The van der Waals surface area contributed by atoms with Gasteiger partial charge in [-0.1, -0.05) is 33.8 Å². The summed E-state index contributed by atoms with van der Waals surface area (Å²) >= 11 is 0. The van der Waals surface area contributed by atoms with Crippen molar-refractivity contribution in [2.24, 2.45) is 5.92 Å². The molecule has 1 heterocycles. The van der Waals surface area contributed by atoms with Gasteiger partial charge in [-0.2, -0.15) is 0 Å². The Hall–Kier alpha value is -1.22. The first-order valence-corrected chi connectivity index (χ1v) is 8.21. The highest BCUT2D eigenvalue weighted by Gasteiger charge is 2.37. The van der Waals surface area contributed by atoms with E-state index in [4.69, 9.17) is 4.74 Å². The number of anilines is 1. The summed E-state index contributed by atoms with van der Waals surface area (Å²) in [7, 11) is 1.74. The predicted octanol–water partition coefficient (Wildman–Crippen LogP) is 3.69. The number of hydrogen-bond acceptors (Lipinski definition) is 3. The van der Waals surface area contributed by atoms with E-state index in [9.17, 15) is 0 Å². The van der Waals surface area contributed by atoms with Crippen molar-refractivity contribution >= 4 is 5.69 Å². The molecule has 1 N–H and O–H groups in total. The Morgan fingerprint density at radius 3 is 2.62 bits per heavy atom. The fourth-order valence-corrected chi connectivity index (χ4v) is 3.32. The fraction of sp³-hybridized carbons (Fsp3) is 0.667. The summed E-state index contributed by atoms with van der Waals surface area (Å²) in [5.41, 5.74) is 1.51. The zero-order valence-electron chi connectivity index (χ0n) is 14.1. The summed E-state index contributed by atoms with van der Waals surface area (Å²) in [6.07, 6.45) is 2.32. The van der Waals surface area contributed by atoms with E-state index in [0.717, 1.165) is 31.7 Å². The molecule has 0 aliphatic carbocycles. The first-order chi connectivity index (χ1) is 10.0. The highest BCUT2D eigenvalue weighted by molar-refractivity contribution is 5.53. The van der Waals surface area contributed by atoms with Crippen molar-refractivity contribution in [2.75, 3.05) is 25.1 Å². The number of benzene rings is 1. The van der Waals surface area contributed by atoms with Crippen LogP contribution in [0, 0.1) is 5.92 Å². The van der Waals surface area contributed by atoms with Crippen molar-refractivity contribution in [3.8, 4) is 5.75 Å². The Balaban J connectivity index is 2.33. The zero-order chi connectivity index (χ0) is 15.5. The molecule has 0 amide bonds. The molecule has 0 spiro atoms. The number of methoxy groups -OCH3 is 1. The van der Waals surface area contributed by atoms with Gasteiger partial charge in [-0.05, 0) is 30.9 Å². The first-order valence-electron chi connectivity index (χ1n) is 8.21. The van der Waals surface area contributed by atoms with Crippen molar-refractivity contribution in [3.63, 3.8) is 0 Å². The maximum Gasteiger partial charge on any atom is 0.120 e. The number of hydrogen-bond donors (Lipinski definition) is 1. The molecule has 1 atom stereocenters. The summed E-state index contributed by atoms with van der Waals surface area (Å²) < 4.78 is 5.40. The van der Waals surface area contributed by atoms with E-state index in [2.05, 4.69) is 56.1 Å². The molecule has 1 aliphatic rings. The van der Waals surface area contributed by atoms with Crippen LogP contribution >= 0.6 is 0 Å². The number of ether oxygens (including phenoxy) is 1. The molecule has 1 aliphatic heterocycles. The SMILES string of the molecule is CCC1(CC)CN(c2cccc(OC)c2)C(C(C)C)CN1. The summed E-state index contributed by atoms with van der Waals surface area (Å²) in [4.78, 5) is 2.58. The van der Waals surface area contributed by atoms with Gasteiger partial charge in [0.25, 0.3) is 0 Å². The molecule has 21 heavy (non-hydrogen) atoms. The van der Waals surface area contributed by atoms with Gasteiger partial charge in [0.1, 0.15) is 5.75 Å². The van der Waals surface area contributed by atoms with Crippen molar-refractivity contribution in [2.45, 2.75) is 52.1 Å². The van der Waals surface area contributed by atoms with Gasteiger partial charge in [-0.3, -0.25) is 0 Å². The van der Waals surface area contributed by atoms with Crippen LogP contribution in [0.15, 0.2) is 24.3 Å². The maximum absolute atomic E-state index is 5.40. The van der Waals surface area contributed by atoms with E-state index in [-0.39, 0.29) is 5.54 Å². The van der Waals surface area contributed by atoms with Crippen molar-refractivity contribution < 1.29 is 4.74 Å². The molecule has 118 valence electrons. The highest BCUT2D eigenvalue weighted by atomic mass is 16.5. The number of nitrogens with one attached hydrogen (secondary N) is 1. The first kappa shape index (κ1) is 16.2. The molecule has 1 aromatic carbocycles. The number of piperazine rings is 1. The topological polar surface area (TPSA) is 24.5 Å². The van der Waals surface area contributed by atoms with Gasteiger partial charge in [0.05, 0.1) is 7.11 Å². The van der Waals surface area contributed by atoms with Crippen molar-refractivity contribution in [3.05, 3.63) is 24.3 Å². The van der Waals surface area contributed by atoms with Crippen LogP contribution < -0.4 is 15.0 Å². The molecule has 3 nitrogen and oxygen atoms in total. The molecule has 0 saturated carbocycles. The molecule has 1 aromatic rings. The smallest absolute Gasteiger partial charge is 0.120 e. The van der Waals surface area contributed by atoms with E-state index >= 15 is 0 Å². The molecule has 1 fully saturated rings. The molecule has 1 saturated heterocycles. The monoisotopic (exact) mass is 290 g/mol. The maximum atomic E-state index is 5.40. The van der Waals surface area contributed by atoms with Crippen LogP contribution in [0.2, 0.25) is 0 Å². The fourth-order valence-electron chi connectivity index (χ4n) is 3.32. The standard InChI is InChI=1S/C18H30N2O/c1-6-18(7-2)13-20(17(12-19-18)14(3)4)15-9-8-10-16(11-15)21-5/h8-11,14,17,19H,6-7,12-13H2,1-5H3. The Morgan fingerprint density at radius 1 is 1.33 bits per heavy atom. The van der Waals surface area contributed by atoms with Crippen LogP contribution in [-0.4, -0.2) is 31.8 Å². The molecule has 0 radical (unpaired) electrons. The normalized spacial score (nSPS) is 21.6. The molecular formula is C18H30N2O. The minimum absolute atomic E-state index is 0.231. The van der Waals surface area contributed by atoms with Gasteiger partial charge in [0, 0.05) is 36.4 Å². The lowest BCUT2D eigenvalue weighted by Crippen LogP contribution is -2.65. The minimum atomic E-state index is 0.231. The highest BCUT2D eigenvalue weighted by Crippen LogP contribution is 2.31. The molecule has 1 unspecified atom stereocenters. The Labute approximate surface area is 129 Å². The quantitative estimate of drug-likeness (QED) is 0.895. The van der Waals surface area contributed by atoms with Crippen LogP contribution in [0.5, 0.6) is 5.75 Å². The zero-order valence-corrected chi connectivity index (χ0v) is 14.1. The van der Waals surface area contributed by atoms with Crippen LogP contribution in [0.25, 0.3) is 0 Å². The average molecular weight is 290 g/mol. The van der Waals surface area contributed by atoms with Gasteiger partial charge < -0.3 is 15.0 Å². The lowest BCUT2D eigenvalue weighted by atomic mass is 9.86. The van der Waals surface area contributed by atoms with Crippen molar-refractivity contribution in [1.29, 1.82) is 0 Å². The summed E-state index contributed by atoms with van der Waals surface area (Å²) in [6.45, 7) is 11.3. The molecule has 0 aromatic heterocycles. The lowest BCUT2D eigenvalue weighted by Gasteiger charge is -2.50. The number of nitrogens with zero attached hydrogens (tertiary/aromatic N) is 1. The Bertz CT molecular complexity index is 454. The third kappa shape index (κ3) is 3.34.